The van der Waals surface area contributed by atoms with Crippen LogP contribution < -0.4 is 5.73 Å². The fourth-order valence-corrected chi connectivity index (χ4v) is 1.78. The molecule has 0 bridgehead atoms. The van der Waals surface area contributed by atoms with Crippen LogP contribution in [-0.4, -0.2) is 15.9 Å². The van der Waals surface area contributed by atoms with Crippen LogP contribution in [0.5, 0.6) is 0 Å². The second kappa shape index (κ2) is 3.78. The number of pyridine rings is 1. The van der Waals surface area contributed by atoms with Gasteiger partial charge in [-0.15, -0.1) is 11.3 Å². The molecule has 5 heteroatoms. The van der Waals surface area contributed by atoms with E-state index in [2.05, 4.69) is 9.97 Å². The van der Waals surface area contributed by atoms with E-state index in [1.165, 1.54) is 6.20 Å². The van der Waals surface area contributed by atoms with Crippen molar-refractivity contribution in [2.45, 2.75) is 6.92 Å². The van der Waals surface area contributed by atoms with E-state index < -0.39 is 5.91 Å². The maximum Gasteiger partial charge on any atom is 0.250 e. The number of nitrogens with two attached hydrogens (primary N) is 1. The highest BCUT2D eigenvalue weighted by molar-refractivity contribution is 7.09. The Kier molecular flexibility index (Phi) is 2.47. The molecule has 0 aliphatic rings. The molecule has 2 aromatic heterocycles. The lowest BCUT2D eigenvalue weighted by Crippen LogP contribution is -2.10. The van der Waals surface area contributed by atoms with Crippen LogP contribution in [0.1, 0.15) is 15.4 Å². The average Bonchev–Trinajstić information content (AvgIpc) is 2.65. The quantitative estimate of drug-likeness (QED) is 0.834. The van der Waals surface area contributed by atoms with Crippen LogP contribution in [0.2, 0.25) is 0 Å². The van der Waals surface area contributed by atoms with Crippen molar-refractivity contribution < 1.29 is 4.79 Å². The number of aryl methyl sites for hydroxylation is 1. The van der Waals surface area contributed by atoms with E-state index >= 15 is 0 Å². The SMILES string of the molecule is Cc1nc(-c2ccc(C(N)=O)cn2)cs1. The zero-order valence-corrected chi connectivity index (χ0v) is 8.91. The van der Waals surface area contributed by atoms with Crippen LogP contribution in [0.3, 0.4) is 0 Å². The Balaban J connectivity index is 2.35. The number of thiazole rings is 1. The van der Waals surface area contributed by atoms with Crippen molar-refractivity contribution in [1.82, 2.24) is 9.97 Å². The molecule has 0 atom stereocenters. The summed E-state index contributed by atoms with van der Waals surface area (Å²) >= 11 is 1.57. The lowest BCUT2D eigenvalue weighted by Gasteiger charge is -1.97. The molecule has 2 heterocycles. The van der Waals surface area contributed by atoms with Gasteiger partial charge in [-0.3, -0.25) is 9.78 Å². The van der Waals surface area contributed by atoms with Crippen molar-refractivity contribution in [1.29, 1.82) is 0 Å². The number of amides is 1. The molecule has 0 aromatic carbocycles. The average molecular weight is 219 g/mol. The molecule has 0 spiro atoms. The Hall–Kier alpha value is -1.75. The normalized spacial score (nSPS) is 10.2. The van der Waals surface area contributed by atoms with Gasteiger partial charge in [-0.2, -0.15) is 0 Å². The molecule has 0 saturated heterocycles. The first-order chi connectivity index (χ1) is 7.16. The molecule has 0 aliphatic carbocycles. The molecule has 0 fully saturated rings. The highest BCUT2D eigenvalue weighted by atomic mass is 32.1. The van der Waals surface area contributed by atoms with Gasteiger partial charge in [0.05, 0.1) is 22.0 Å². The molecule has 0 saturated carbocycles. The lowest BCUT2D eigenvalue weighted by atomic mass is 10.2. The minimum absolute atomic E-state index is 0.408. The first-order valence-corrected chi connectivity index (χ1v) is 5.23. The number of carbonyl (C=O) groups is 1. The number of hydrogen-bond acceptors (Lipinski definition) is 4. The Morgan fingerprint density at radius 1 is 1.40 bits per heavy atom. The second-order valence-electron chi connectivity index (χ2n) is 3.05. The minimum Gasteiger partial charge on any atom is -0.366 e. The summed E-state index contributed by atoms with van der Waals surface area (Å²) in [5.74, 6) is -0.469. The number of nitrogens with zero attached hydrogens (tertiary/aromatic N) is 2. The standard InChI is InChI=1S/C10H9N3OS/c1-6-13-9(5-15-6)8-3-2-7(4-12-8)10(11)14/h2-5H,1H3,(H2,11,14). The van der Waals surface area contributed by atoms with Crippen molar-refractivity contribution in [3.63, 3.8) is 0 Å². The summed E-state index contributed by atoms with van der Waals surface area (Å²) in [5, 5.41) is 2.92. The third-order valence-electron chi connectivity index (χ3n) is 1.93. The second-order valence-corrected chi connectivity index (χ2v) is 4.11. The van der Waals surface area contributed by atoms with Crippen LogP contribution in [0.4, 0.5) is 0 Å². The topological polar surface area (TPSA) is 68.9 Å². The zero-order chi connectivity index (χ0) is 10.8. The molecule has 2 rings (SSSR count). The van der Waals surface area contributed by atoms with Gasteiger partial charge in [0.25, 0.3) is 0 Å². The maximum absolute atomic E-state index is 10.8. The molecule has 2 N–H and O–H groups in total. The predicted molar refractivity (Wildman–Crippen MR) is 58.6 cm³/mol. The Morgan fingerprint density at radius 3 is 2.67 bits per heavy atom. The van der Waals surface area contributed by atoms with Crippen molar-refractivity contribution in [2.75, 3.05) is 0 Å². The largest absolute Gasteiger partial charge is 0.366 e. The molecule has 2 aromatic rings. The van der Waals surface area contributed by atoms with Gasteiger partial charge < -0.3 is 5.73 Å². The van der Waals surface area contributed by atoms with Gasteiger partial charge in [0.15, 0.2) is 0 Å². The number of aromatic nitrogens is 2. The lowest BCUT2D eigenvalue weighted by molar-refractivity contribution is 0.1000. The van der Waals surface area contributed by atoms with Crippen molar-refractivity contribution >= 4 is 17.2 Å². The Morgan fingerprint density at radius 2 is 2.20 bits per heavy atom. The Bertz CT molecular complexity index is 490. The number of rotatable bonds is 2. The van der Waals surface area contributed by atoms with Gasteiger partial charge in [-0.1, -0.05) is 0 Å². The van der Waals surface area contributed by atoms with E-state index in [9.17, 15) is 4.79 Å². The smallest absolute Gasteiger partial charge is 0.250 e. The molecule has 0 radical (unpaired) electrons. The fraction of sp³-hybridized carbons (Fsp3) is 0.100. The molecule has 0 unspecified atom stereocenters. The maximum atomic E-state index is 10.8. The van der Waals surface area contributed by atoms with Crippen LogP contribution in [0, 0.1) is 6.92 Å². The third kappa shape index (κ3) is 2.02. The summed E-state index contributed by atoms with van der Waals surface area (Å²) in [6.07, 6.45) is 1.46. The number of hydrogen-bond donors (Lipinski definition) is 1. The van der Waals surface area contributed by atoms with Gasteiger partial charge >= 0.3 is 0 Å². The molecule has 0 aliphatic heterocycles. The van der Waals surface area contributed by atoms with Gasteiger partial charge in [0.1, 0.15) is 0 Å². The molecular formula is C10H9N3OS. The van der Waals surface area contributed by atoms with E-state index in [4.69, 9.17) is 5.73 Å². The summed E-state index contributed by atoms with van der Waals surface area (Å²) in [4.78, 5) is 19.2. The molecule has 76 valence electrons. The van der Waals surface area contributed by atoms with Crippen LogP contribution >= 0.6 is 11.3 Å². The third-order valence-corrected chi connectivity index (χ3v) is 2.70. The van der Waals surface area contributed by atoms with Crippen LogP contribution in [0.15, 0.2) is 23.7 Å². The molecule has 15 heavy (non-hydrogen) atoms. The summed E-state index contributed by atoms with van der Waals surface area (Å²) in [6.45, 7) is 1.94. The molecule has 4 nitrogen and oxygen atoms in total. The van der Waals surface area contributed by atoms with E-state index in [1.54, 1.807) is 23.5 Å². The van der Waals surface area contributed by atoms with E-state index in [0.29, 0.717) is 5.56 Å². The first-order valence-electron chi connectivity index (χ1n) is 4.35. The minimum atomic E-state index is -0.469. The van der Waals surface area contributed by atoms with E-state index in [0.717, 1.165) is 16.4 Å². The highest BCUT2D eigenvalue weighted by Crippen LogP contribution is 2.19. The van der Waals surface area contributed by atoms with Gasteiger partial charge in [-0.05, 0) is 19.1 Å². The summed E-state index contributed by atoms with van der Waals surface area (Å²) in [7, 11) is 0. The summed E-state index contributed by atoms with van der Waals surface area (Å²) < 4.78 is 0. The zero-order valence-electron chi connectivity index (χ0n) is 8.10. The summed E-state index contributed by atoms with van der Waals surface area (Å²) in [6, 6.07) is 3.40. The molecular weight excluding hydrogens is 210 g/mol. The van der Waals surface area contributed by atoms with E-state index in [-0.39, 0.29) is 0 Å². The van der Waals surface area contributed by atoms with Gasteiger partial charge in [-0.25, -0.2) is 4.98 Å². The van der Waals surface area contributed by atoms with Crippen LogP contribution in [0.25, 0.3) is 11.4 Å². The predicted octanol–water partition coefficient (Wildman–Crippen LogP) is 1.61. The monoisotopic (exact) mass is 219 g/mol. The van der Waals surface area contributed by atoms with E-state index in [1.807, 2.05) is 12.3 Å². The van der Waals surface area contributed by atoms with Gasteiger partial charge in [0.2, 0.25) is 5.91 Å². The highest BCUT2D eigenvalue weighted by Gasteiger charge is 2.05. The molecule has 1 amide bonds. The Labute approximate surface area is 90.8 Å². The van der Waals surface area contributed by atoms with Crippen LogP contribution in [-0.2, 0) is 0 Å². The van der Waals surface area contributed by atoms with Crippen molar-refractivity contribution in [3.8, 4) is 11.4 Å². The number of primary amides is 1. The summed E-state index contributed by atoms with van der Waals surface area (Å²) in [5.41, 5.74) is 7.10. The fourth-order valence-electron chi connectivity index (χ4n) is 1.17. The van der Waals surface area contributed by atoms with Gasteiger partial charge in [0, 0.05) is 11.6 Å². The van der Waals surface area contributed by atoms with Crippen molar-refractivity contribution in [3.05, 3.63) is 34.3 Å². The number of carbonyl (C=O) groups excluding carboxylic acids is 1. The van der Waals surface area contributed by atoms with Crippen molar-refractivity contribution in [2.24, 2.45) is 5.73 Å². The first kappa shape index (κ1) is 9.79.